The Kier molecular flexibility index (Phi) is 8.40. The van der Waals surface area contributed by atoms with E-state index in [-0.39, 0.29) is 25.7 Å². The fraction of sp³-hybridized carbons (Fsp3) is 0.548. The number of ether oxygens (including phenoxy) is 2. The lowest BCUT2D eigenvalue weighted by Crippen LogP contribution is -2.56. The van der Waals surface area contributed by atoms with Gasteiger partial charge in [-0.1, -0.05) is 36.4 Å². The number of halogens is 2. The summed E-state index contributed by atoms with van der Waals surface area (Å²) in [7, 11) is 0. The van der Waals surface area contributed by atoms with Gasteiger partial charge in [0.2, 0.25) is 0 Å². The molecular formula is C31H40F2N4O4. The van der Waals surface area contributed by atoms with Gasteiger partial charge in [0.25, 0.3) is 5.92 Å². The van der Waals surface area contributed by atoms with Crippen molar-refractivity contribution in [1.82, 2.24) is 9.80 Å². The molecule has 222 valence electrons. The topological polar surface area (TPSA) is 65.6 Å². The average molecular weight is 571 g/mol. The van der Waals surface area contributed by atoms with E-state index >= 15 is 8.78 Å². The van der Waals surface area contributed by atoms with Crippen LogP contribution in [0.5, 0.6) is 0 Å². The van der Waals surface area contributed by atoms with Crippen LogP contribution in [0.25, 0.3) is 0 Å². The van der Waals surface area contributed by atoms with Crippen molar-refractivity contribution in [3.05, 3.63) is 59.7 Å². The molecule has 2 aromatic rings. The first-order valence-corrected chi connectivity index (χ1v) is 14.4. The van der Waals surface area contributed by atoms with Crippen molar-refractivity contribution < 1.29 is 27.8 Å². The molecule has 3 heterocycles. The summed E-state index contributed by atoms with van der Waals surface area (Å²) in [4.78, 5) is 32.4. The van der Waals surface area contributed by atoms with E-state index in [1.807, 2.05) is 42.5 Å². The van der Waals surface area contributed by atoms with Crippen molar-refractivity contribution in [3.8, 4) is 0 Å². The lowest BCUT2D eigenvalue weighted by atomic mass is 9.92. The molecule has 10 heteroatoms. The highest BCUT2D eigenvalue weighted by atomic mass is 19.3. The van der Waals surface area contributed by atoms with Crippen molar-refractivity contribution >= 4 is 23.6 Å². The minimum Gasteiger partial charge on any atom is -0.444 e. The standard InChI is InChI=1S/C31H40F2N4O4/c1-30(2,3)41-28(38)36-14-12-24(31(32,33)22-36)20-34-16-18-35(19-17-34)26-10-7-11-27-25(26)13-15-37(27)29(39)40-21-23-8-5-4-6-9-23/h4-11,24H,12-22H2,1-3H3/t24-/m0/s1. The van der Waals surface area contributed by atoms with E-state index in [0.29, 0.717) is 26.2 Å². The van der Waals surface area contributed by atoms with Gasteiger partial charge in [-0.3, -0.25) is 9.80 Å². The number of amides is 2. The minimum atomic E-state index is -2.97. The Hall–Kier alpha value is -3.40. The highest BCUT2D eigenvalue weighted by molar-refractivity contribution is 5.92. The Balaban J connectivity index is 1.14. The molecular weight excluding hydrogens is 530 g/mol. The molecule has 41 heavy (non-hydrogen) atoms. The normalized spacial score (nSPS) is 21.0. The number of likely N-dealkylation sites (tertiary alicyclic amines) is 1. The number of hydrogen-bond donors (Lipinski definition) is 0. The van der Waals surface area contributed by atoms with E-state index < -0.39 is 30.1 Å². The van der Waals surface area contributed by atoms with Crippen molar-refractivity contribution in [2.75, 3.05) is 62.2 Å². The fourth-order valence-corrected chi connectivity index (χ4v) is 5.87. The van der Waals surface area contributed by atoms with E-state index in [0.717, 1.165) is 46.9 Å². The Morgan fingerprint density at radius 2 is 1.61 bits per heavy atom. The monoisotopic (exact) mass is 570 g/mol. The van der Waals surface area contributed by atoms with E-state index in [9.17, 15) is 9.59 Å². The van der Waals surface area contributed by atoms with Crippen molar-refractivity contribution in [1.29, 1.82) is 0 Å². The molecule has 2 fully saturated rings. The molecule has 0 spiro atoms. The molecule has 0 aromatic heterocycles. The molecule has 2 aromatic carbocycles. The summed E-state index contributed by atoms with van der Waals surface area (Å²) in [6.45, 7) is 8.75. The van der Waals surface area contributed by atoms with Gasteiger partial charge in [-0.25, -0.2) is 18.4 Å². The quantitative estimate of drug-likeness (QED) is 0.480. The Morgan fingerprint density at radius 1 is 0.902 bits per heavy atom. The molecule has 1 atom stereocenters. The zero-order valence-corrected chi connectivity index (χ0v) is 24.2. The summed E-state index contributed by atoms with van der Waals surface area (Å²) in [6, 6.07) is 15.6. The van der Waals surface area contributed by atoms with Gasteiger partial charge in [-0.15, -0.1) is 0 Å². The second-order valence-electron chi connectivity index (χ2n) is 12.2. The maximum absolute atomic E-state index is 15.1. The second-order valence-corrected chi connectivity index (χ2v) is 12.2. The van der Waals surface area contributed by atoms with Gasteiger partial charge < -0.3 is 19.3 Å². The van der Waals surface area contributed by atoms with Crippen molar-refractivity contribution in [2.24, 2.45) is 5.92 Å². The average Bonchev–Trinajstić information content (AvgIpc) is 3.37. The number of benzene rings is 2. The van der Waals surface area contributed by atoms with Crippen LogP contribution in [0.1, 0.15) is 38.3 Å². The third kappa shape index (κ3) is 6.92. The lowest BCUT2D eigenvalue weighted by molar-refractivity contribution is -0.117. The molecule has 0 radical (unpaired) electrons. The number of piperazine rings is 1. The first kappa shape index (κ1) is 29.1. The molecule has 2 saturated heterocycles. The van der Waals surface area contributed by atoms with Crippen LogP contribution in [0.15, 0.2) is 48.5 Å². The molecule has 3 aliphatic rings. The molecule has 0 unspecified atom stereocenters. The molecule has 5 rings (SSSR count). The van der Waals surface area contributed by atoms with Crippen molar-refractivity contribution in [3.63, 3.8) is 0 Å². The minimum absolute atomic E-state index is 0.228. The number of piperidine rings is 1. The number of nitrogens with zero attached hydrogens (tertiary/aromatic N) is 4. The van der Waals surface area contributed by atoms with Crippen LogP contribution in [-0.4, -0.2) is 85.9 Å². The van der Waals surface area contributed by atoms with Crippen LogP contribution < -0.4 is 9.80 Å². The molecule has 0 bridgehead atoms. The highest BCUT2D eigenvalue weighted by Crippen LogP contribution is 2.37. The van der Waals surface area contributed by atoms with Gasteiger partial charge in [0.1, 0.15) is 12.2 Å². The van der Waals surface area contributed by atoms with Crippen LogP contribution in [0.4, 0.5) is 29.7 Å². The summed E-state index contributed by atoms with van der Waals surface area (Å²) in [5, 5.41) is 0. The number of alkyl halides is 2. The van der Waals surface area contributed by atoms with Crippen molar-refractivity contribution in [2.45, 2.75) is 51.7 Å². The number of fused-ring (bicyclic) bond motifs is 1. The SMILES string of the molecule is CC(C)(C)OC(=O)N1CC[C@@H](CN2CCN(c3cccc4c3CCN4C(=O)OCc3ccccc3)CC2)C(F)(F)C1. The van der Waals surface area contributed by atoms with Gasteiger partial charge >= 0.3 is 12.2 Å². The smallest absolute Gasteiger partial charge is 0.414 e. The maximum atomic E-state index is 15.1. The van der Waals surface area contributed by atoms with Crippen LogP contribution >= 0.6 is 0 Å². The second kappa shape index (κ2) is 11.8. The summed E-state index contributed by atoms with van der Waals surface area (Å²) < 4.78 is 41.0. The number of hydrogen-bond acceptors (Lipinski definition) is 6. The van der Waals surface area contributed by atoms with Gasteiger partial charge in [0, 0.05) is 63.0 Å². The summed E-state index contributed by atoms with van der Waals surface area (Å²) in [5.74, 6) is -3.77. The Bertz CT molecular complexity index is 1230. The van der Waals surface area contributed by atoms with E-state index in [4.69, 9.17) is 9.47 Å². The third-order valence-electron chi connectivity index (χ3n) is 8.02. The van der Waals surface area contributed by atoms with E-state index in [2.05, 4.69) is 15.9 Å². The number of carbonyl (C=O) groups excluding carboxylic acids is 2. The number of carbonyl (C=O) groups is 2. The predicted molar refractivity (Wildman–Crippen MR) is 154 cm³/mol. The molecule has 0 aliphatic carbocycles. The van der Waals surface area contributed by atoms with Crippen LogP contribution in [0.2, 0.25) is 0 Å². The predicted octanol–water partition coefficient (Wildman–Crippen LogP) is 5.40. The largest absolute Gasteiger partial charge is 0.444 e. The molecule has 3 aliphatic heterocycles. The lowest BCUT2D eigenvalue weighted by Gasteiger charge is -2.43. The number of anilines is 2. The first-order valence-electron chi connectivity index (χ1n) is 14.4. The molecule has 0 N–H and O–H groups in total. The Labute approximate surface area is 240 Å². The summed E-state index contributed by atoms with van der Waals surface area (Å²) >= 11 is 0. The van der Waals surface area contributed by atoms with Crippen LogP contribution in [0, 0.1) is 5.92 Å². The maximum Gasteiger partial charge on any atom is 0.414 e. The first-order chi connectivity index (χ1) is 19.5. The molecule has 0 saturated carbocycles. The molecule has 8 nitrogen and oxygen atoms in total. The zero-order valence-electron chi connectivity index (χ0n) is 24.2. The summed E-state index contributed by atoms with van der Waals surface area (Å²) in [5.41, 5.74) is 3.32. The number of rotatable bonds is 5. The van der Waals surface area contributed by atoms with E-state index in [1.54, 1.807) is 25.7 Å². The third-order valence-corrected chi connectivity index (χ3v) is 8.02. The van der Waals surface area contributed by atoms with Crippen LogP contribution in [-0.2, 0) is 22.5 Å². The zero-order chi connectivity index (χ0) is 29.2. The van der Waals surface area contributed by atoms with Gasteiger partial charge in [-0.05, 0) is 51.3 Å². The van der Waals surface area contributed by atoms with Crippen LogP contribution in [0.3, 0.4) is 0 Å². The molecule has 2 amide bonds. The summed E-state index contributed by atoms with van der Waals surface area (Å²) in [6.07, 6.45) is -0.0421. The Morgan fingerprint density at radius 3 is 2.29 bits per heavy atom. The van der Waals surface area contributed by atoms with Gasteiger partial charge in [0.15, 0.2) is 0 Å². The van der Waals surface area contributed by atoms with Gasteiger partial charge in [0.05, 0.1) is 12.2 Å². The van der Waals surface area contributed by atoms with E-state index in [1.165, 1.54) is 0 Å². The van der Waals surface area contributed by atoms with Gasteiger partial charge in [-0.2, -0.15) is 0 Å². The highest BCUT2D eigenvalue weighted by Gasteiger charge is 2.47. The fourth-order valence-electron chi connectivity index (χ4n) is 5.87.